The van der Waals surface area contributed by atoms with E-state index in [9.17, 15) is 4.39 Å². The van der Waals surface area contributed by atoms with Gasteiger partial charge >= 0.3 is 0 Å². The van der Waals surface area contributed by atoms with Crippen molar-refractivity contribution in [2.75, 3.05) is 13.7 Å². The third-order valence-electron chi connectivity index (χ3n) is 3.18. The van der Waals surface area contributed by atoms with Crippen LogP contribution in [0.1, 0.15) is 17.2 Å². The van der Waals surface area contributed by atoms with E-state index in [2.05, 4.69) is 5.32 Å². The van der Waals surface area contributed by atoms with Gasteiger partial charge in [0, 0.05) is 10.6 Å². The molecule has 0 bridgehead atoms. The van der Waals surface area contributed by atoms with Crippen molar-refractivity contribution in [3.05, 3.63) is 64.4 Å². The second-order valence-electron chi connectivity index (χ2n) is 4.58. The van der Waals surface area contributed by atoms with E-state index in [0.29, 0.717) is 22.9 Å². The summed E-state index contributed by atoms with van der Waals surface area (Å²) in [4.78, 5) is 0. The lowest BCUT2D eigenvalue weighted by molar-refractivity contribution is 0.268. The number of halogens is 2. The maximum absolute atomic E-state index is 13.8. The summed E-state index contributed by atoms with van der Waals surface area (Å²) >= 11 is 5.95. The van der Waals surface area contributed by atoms with Gasteiger partial charge in [-0.15, -0.1) is 0 Å². The van der Waals surface area contributed by atoms with Gasteiger partial charge in [0.15, 0.2) is 0 Å². The summed E-state index contributed by atoms with van der Waals surface area (Å²) in [6.07, 6.45) is 0. The number of hydrogen-bond acceptors (Lipinski definition) is 2. The minimum absolute atomic E-state index is 0.213. The van der Waals surface area contributed by atoms with E-state index in [1.165, 1.54) is 6.07 Å². The van der Waals surface area contributed by atoms with Crippen LogP contribution in [0.15, 0.2) is 42.5 Å². The van der Waals surface area contributed by atoms with Crippen LogP contribution < -0.4 is 10.1 Å². The first kappa shape index (κ1) is 14.8. The highest BCUT2D eigenvalue weighted by molar-refractivity contribution is 6.30. The summed E-state index contributed by atoms with van der Waals surface area (Å²) < 4.78 is 19.5. The molecule has 20 heavy (non-hydrogen) atoms. The molecule has 2 aromatic rings. The first-order valence-corrected chi connectivity index (χ1v) is 6.80. The van der Waals surface area contributed by atoms with Gasteiger partial charge in [0.2, 0.25) is 0 Å². The molecule has 0 aromatic heterocycles. The Kier molecular flexibility index (Phi) is 4.99. The molecule has 0 heterocycles. The minimum atomic E-state index is -0.238. The van der Waals surface area contributed by atoms with Crippen LogP contribution in [0, 0.1) is 12.7 Å². The van der Waals surface area contributed by atoms with Crippen LogP contribution in [-0.4, -0.2) is 13.7 Å². The Hall–Kier alpha value is -1.58. The van der Waals surface area contributed by atoms with Crippen molar-refractivity contribution < 1.29 is 9.13 Å². The van der Waals surface area contributed by atoms with Gasteiger partial charge in [-0.05, 0) is 37.7 Å². The van der Waals surface area contributed by atoms with E-state index in [-0.39, 0.29) is 11.9 Å². The largest absolute Gasteiger partial charge is 0.491 e. The van der Waals surface area contributed by atoms with Gasteiger partial charge in [-0.3, -0.25) is 0 Å². The van der Waals surface area contributed by atoms with Gasteiger partial charge in [-0.1, -0.05) is 35.9 Å². The molecule has 4 heteroatoms. The second kappa shape index (κ2) is 6.73. The molecule has 2 rings (SSSR count). The molecule has 0 radical (unpaired) electrons. The lowest BCUT2D eigenvalue weighted by atomic mass is 10.1. The third kappa shape index (κ3) is 3.50. The molecule has 1 N–H and O–H groups in total. The van der Waals surface area contributed by atoms with Crippen molar-refractivity contribution in [2.45, 2.75) is 13.0 Å². The number of likely N-dealkylation sites (N-methyl/N-ethyl adjacent to an activating group) is 1. The van der Waals surface area contributed by atoms with E-state index in [0.717, 1.165) is 5.56 Å². The van der Waals surface area contributed by atoms with E-state index in [1.807, 2.05) is 25.1 Å². The highest BCUT2D eigenvalue weighted by atomic mass is 35.5. The third-order valence-corrected chi connectivity index (χ3v) is 3.42. The fourth-order valence-electron chi connectivity index (χ4n) is 1.99. The van der Waals surface area contributed by atoms with Crippen LogP contribution in [0.2, 0.25) is 5.02 Å². The standard InChI is InChI=1S/C16H17ClFNO/c1-11-7-8-12(17)9-16(11)20-10-15(19-2)13-5-3-4-6-14(13)18/h3-9,15,19H,10H2,1-2H3. The van der Waals surface area contributed by atoms with E-state index in [1.54, 1.807) is 25.2 Å². The van der Waals surface area contributed by atoms with Crippen LogP contribution in [0.3, 0.4) is 0 Å². The average Bonchev–Trinajstić information content (AvgIpc) is 2.45. The monoisotopic (exact) mass is 293 g/mol. The van der Waals surface area contributed by atoms with Gasteiger partial charge in [-0.2, -0.15) is 0 Å². The molecular formula is C16H17ClFNO. The molecular weight excluding hydrogens is 277 g/mol. The molecule has 0 fully saturated rings. The summed E-state index contributed by atoms with van der Waals surface area (Å²) in [5, 5.41) is 3.69. The van der Waals surface area contributed by atoms with Crippen LogP contribution >= 0.6 is 11.6 Å². The van der Waals surface area contributed by atoms with Crippen molar-refractivity contribution >= 4 is 11.6 Å². The SMILES string of the molecule is CNC(COc1cc(Cl)ccc1C)c1ccccc1F. The van der Waals surface area contributed by atoms with Crippen LogP contribution in [0.25, 0.3) is 0 Å². The molecule has 2 aromatic carbocycles. The Morgan fingerprint density at radius 2 is 2.00 bits per heavy atom. The normalized spacial score (nSPS) is 12.2. The zero-order valence-electron chi connectivity index (χ0n) is 11.5. The van der Waals surface area contributed by atoms with E-state index >= 15 is 0 Å². The lowest BCUT2D eigenvalue weighted by Crippen LogP contribution is -2.24. The summed E-state index contributed by atoms with van der Waals surface area (Å²) in [6, 6.07) is 12.0. The second-order valence-corrected chi connectivity index (χ2v) is 5.02. The fourth-order valence-corrected chi connectivity index (χ4v) is 2.15. The van der Waals surface area contributed by atoms with E-state index < -0.39 is 0 Å². The summed E-state index contributed by atoms with van der Waals surface area (Å²) in [5.74, 6) is 0.479. The Morgan fingerprint density at radius 1 is 1.25 bits per heavy atom. The van der Waals surface area contributed by atoms with Gasteiger partial charge in [0.25, 0.3) is 0 Å². The highest BCUT2D eigenvalue weighted by Gasteiger charge is 2.14. The van der Waals surface area contributed by atoms with Crippen LogP contribution in [0.5, 0.6) is 5.75 Å². The van der Waals surface area contributed by atoms with Gasteiger partial charge in [0.05, 0.1) is 6.04 Å². The highest BCUT2D eigenvalue weighted by Crippen LogP contribution is 2.24. The van der Waals surface area contributed by atoms with Crippen LogP contribution in [0.4, 0.5) is 4.39 Å². The number of rotatable bonds is 5. The molecule has 0 saturated carbocycles. The Bertz CT molecular complexity index is 588. The summed E-state index contributed by atoms with van der Waals surface area (Å²) in [6.45, 7) is 2.28. The van der Waals surface area contributed by atoms with Crippen molar-refractivity contribution in [3.63, 3.8) is 0 Å². The van der Waals surface area contributed by atoms with E-state index in [4.69, 9.17) is 16.3 Å². The molecule has 1 atom stereocenters. The number of benzene rings is 2. The first-order chi connectivity index (χ1) is 9.61. The number of hydrogen-bond donors (Lipinski definition) is 1. The number of ether oxygens (including phenoxy) is 1. The maximum Gasteiger partial charge on any atom is 0.128 e. The predicted molar refractivity (Wildman–Crippen MR) is 79.9 cm³/mol. The average molecular weight is 294 g/mol. The number of aryl methyl sites for hydroxylation is 1. The molecule has 0 aliphatic rings. The quantitative estimate of drug-likeness (QED) is 0.895. The zero-order valence-corrected chi connectivity index (χ0v) is 12.2. The topological polar surface area (TPSA) is 21.3 Å². The molecule has 0 saturated heterocycles. The van der Waals surface area contributed by atoms with Crippen molar-refractivity contribution in [2.24, 2.45) is 0 Å². The minimum Gasteiger partial charge on any atom is -0.491 e. The number of nitrogens with one attached hydrogen (secondary N) is 1. The molecule has 0 spiro atoms. The summed E-state index contributed by atoms with van der Waals surface area (Å²) in [5.41, 5.74) is 1.59. The molecule has 0 amide bonds. The van der Waals surface area contributed by atoms with Gasteiger partial charge < -0.3 is 10.1 Å². The lowest BCUT2D eigenvalue weighted by Gasteiger charge is -2.19. The molecule has 1 unspecified atom stereocenters. The smallest absolute Gasteiger partial charge is 0.128 e. The van der Waals surface area contributed by atoms with Crippen molar-refractivity contribution in [1.82, 2.24) is 5.32 Å². The van der Waals surface area contributed by atoms with Crippen molar-refractivity contribution in [1.29, 1.82) is 0 Å². The molecule has 2 nitrogen and oxygen atoms in total. The van der Waals surface area contributed by atoms with Gasteiger partial charge in [-0.25, -0.2) is 4.39 Å². The molecule has 0 aliphatic carbocycles. The maximum atomic E-state index is 13.8. The fraction of sp³-hybridized carbons (Fsp3) is 0.250. The zero-order chi connectivity index (χ0) is 14.5. The van der Waals surface area contributed by atoms with Crippen LogP contribution in [-0.2, 0) is 0 Å². The van der Waals surface area contributed by atoms with Crippen molar-refractivity contribution in [3.8, 4) is 5.75 Å². The Labute approximate surface area is 123 Å². The molecule has 106 valence electrons. The molecule has 0 aliphatic heterocycles. The predicted octanol–water partition coefficient (Wildman–Crippen LogP) is 4.13. The summed E-state index contributed by atoms with van der Waals surface area (Å²) in [7, 11) is 1.78. The first-order valence-electron chi connectivity index (χ1n) is 6.42. The van der Waals surface area contributed by atoms with Gasteiger partial charge in [0.1, 0.15) is 18.2 Å². The Balaban J connectivity index is 2.12. The Morgan fingerprint density at radius 3 is 2.70 bits per heavy atom.